The summed E-state index contributed by atoms with van der Waals surface area (Å²) < 4.78 is 5.41. The van der Waals surface area contributed by atoms with Gasteiger partial charge in [0.15, 0.2) is 0 Å². The van der Waals surface area contributed by atoms with Gasteiger partial charge < -0.3 is 21.1 Å². The first-order valence-corrected chi connectivity index (χ1v) is 6.55. The molecule has 4 N–H and O–H groups in total. The number of hydrogen-bond donors (Lipinski definition) is 3. The van der Waals surface area contributed by atoms with E-state index in [0.717, 1.165) is 11.3 Å². The molecule has 0 radical (unpaired) electrons. The summed E-state index contributed by atoms with van der Waals surface area (Å²) in [7, 11) is 0. The molecule has 1 atom stereocenters. The monoisotopic (exact) mass is 279 g/mol. The molecule has 1 rings (SSSR count). The quantitative estimate of drug-likeness (QED) is 0.671. The summed E-state index contributed by atoms with van der Waals surface area (Å²) in [6.45, 7) is 4.17. The average molecular weight is 279 g/mol. The summed E-state index contributed by atoms with van der Waals surface area (Å²) in [5.41, 5.74) is 6.08. The van der Waals surface area contributed by atoms with Crippen molar-refractivity contribution in [3.05, 3.63) is 29.8 Å². The van der Waals surface area contributed by atoms with Crippen molar-refractivity contribution in [3.8, 4) is 5.75 Å². The second-order valence-electron chi connectivity index (χ2n) is 4.28. The molecule has 1 unspecified atom stereocenters. The fourth-order valence-electron chi connectivity index (χ4n) is 1.67. The summed E-state index contributed by atoms with van der Waals surface area (Å²) in [5, 5.41) is 5.21. The maximum Gasteiger partial charge on any atom is 0.239 e. The maximum absolute atomic E-state index is 11.7. The van der Waals surface area contributed by atoms with E-state index in [1.165, 1.54) is 0 Å². The first kappa shape index (κ1) is 16.0. The Morgan fingerprint density at radius 2 is 2.10 bits per heavy atom. The van der Waals surface area contributed by atoms with Crippen LogP contribution in [0.1, 0.15) is 25.5 Å². The van der Waals surface area contributed by atoms with Crippen molar-refractivity contribution in [2.45, 2.75) is 19.9 Å². The molecular weight excluding hydrogens is 258 g/mol. The van der Waals surface area contributed by atoms with Gasteiger partial charge in [0, 0.05) is 0 Å². The number of rotatable bonds is 7. The molecule has 2 amide bonds. The lowest BCUT2D eigenvalue weighted by Gasteiger charge is -2.15. The molecule has 6 nitrogen and oxygen atoms in total. The summed E-state index contributed by atoms with van der Waals surface area (Å²) in [4.78, 5) is 22.6. The lowest BCUT2D eigenvalue weighted by Crippen LogP contribution is -2.40. The van der Waals surface area contributed by atoms with Crippen LogP contribution in [0.2, 0.25) is 0 Å². The van der Waals surface area contributed by atoms with Gasteiger partial charge in [-0.05, 0) is 31.5 Å². The third-order valence-electron chi connectivity index (χ3n) is 2.68. The molecule has 0 fully saturated rings. The Morgan fingerprint density at radius 3 is 2.75 bits per heavy atom. The van der Waals surface area contributed by atoms with Crippen molar-refractivity contribution in [2.75, 3.05) is 19.7 Å². The Kier molecular flexibility index (Phi) is 6.52. The minimum absolute atomic E-state index is 0.0779. The fourth-order valence-corrected chi connectivity index (χ4v) is 1.67. The van der Waals surface area contributed by atoms with E-state index >= 15 is 0 Å². The van der Waals surface area contributed by atoms with Crippen LogP contribution in [0.3, 0.4) is 0 Å². The van der Waals surface area contributed by atoms with Gasteiger partial charge in [-0.1, -0.05) is 12.1 Å². The SMILES string of the molecule is CCOc1cccc(C(C)NC(=O)CNC(=O)CN)c1. The molecule has 0 heterocycles. The lowest BCUT2D eigenvalue weighted by molar-refractivity contribution is -0.125. The minimum Gasteiger partial charge on any atom is -0.494 e. The van der Waals surface area contributed by atoms with Gasteiger partial charge in [-0.3, -0.25) is 9.59 Å². The first-order chi connectivity index (χ1) is 9.56. The highest BCUT2D eigenvalue weighted by Crippen LogP contribution is 2.18. The average Bonchev–Trinajstić information content (AvgIpc) is 2.45. The summed E-state index contributed by atoms with van der Waals surface area (Å²) in [6, 6.07) is 7.36. The van der Waals surface area contributed by atoms with Crippen LogP contribution in [0.25, 0.3) is 0 Å². The van der Waals surface area contributed by atoms with Crippen molar-refractivity contribution >= 4 is 11.8 Å². The maximum atomic E-state index is 11.7. The smallest absolute Gasteiger partial charge is 0.239 e. The molecule has 0 spiro atoms. The molecule has 1 aromatic rings. The zero-order chi connectivity index (χ0) is 15.0. The molecule has 6 heteroatoms. The highest BCUT2D eigenvalue weighted by molar-refractivity contribution is 5.85. The fraction of sp³-hybridized carbons (Fsp3) is 0.429. The van der Waals surface area contributed by atoms with Gasteiger partial charge in [0.25, 0.3) is 0 Å². The third-order valence-corrected chi connectivity index (χ3v) is 2.68. The summed E-state index contributed by atoms with van der Waals surface area (Å²) in [5.74, 6) is 0.148. The van der Waals surface area contributed by atoms with Crippen LogP contribution in [-0.2, 0) is 9.59 Å². The van der Waals surface area contributed by atoms with Gasteiger partial charge in [0.1, 0.15) is 5.75 Å². The number of amides is 2. The third kappa shape index (κ3) is 5.27. The predicted molar refractivity (Wildman–Crippen MR) is 76.2 cm³/mol. The van der Waals surface area contributed by atoms with Crippen molar-refractivity contribution in [2.24, 2.45) is 5.73 Å². The van der Waals surface area contributed by atoms with E-state index in [2.05, 4.69) is 10.6 Å². The van der Waals surface area contributed by atoms with Gasteiger partial charge in [0.2, 0.25) is 11.8 Å². The number of nitrogens with one attached hydrogen (secondary N) is 2. The normalized spacial score (nSPS) is 11.6. The van der Waals surface area contributed by atoms with Gasteiger partial charge in [0.05, 0.1) is 25.7 Å². The Labute approximate surface area is 118 Å². The van der Waals surface area contributed by atoms with Gasteiger partial charge >= 0.3 is 0 Å². The van der Waals surface area contributed by atoms with E-state index < -0.39 is 0 Å². The van der Waals surface area contributed by atoms with E-state index in [-0.39, 0.29) is 30.9 Å². The van der Waals surface area contributed by atoms with Crippen LogP contribution >= 0.6 is 0 Å². The zero-order valence-electron chi connectivity index (χ0n) is 11.8. The molecule has 0 saturated heterocycles. The Morgan fingerprint density at radius 1 is 1.35 bits per heavy atom. The predicted octanol–water partition coefficient (Wildman–Crippen LogP) is 0.337. The van der Waals surface area contributed by atoms with E-state index in [1.54, 1.807) is 0 Å². The number of carbonyl (C=O) groups excluding carboxylic acids is 2. The number of ether oxygens (including phenoxy) is 1. The molecule has 0 aliphatic rings. The molecule has 0 aliphatic heterocycles. The van der Waals surface area contributed by atoms with Crippen molar-refractivity contribution in [1.82, 2.24) is 10.6 Å². The molecule has 0 aliphatic carbocycles. The Bertz CT molecular complexity index is 463. The van der Waals surface area contributed by atoms with Gasteiger partial charge in [-0.15, -0.1) is 0 Å². The van der Waals surface area contributed by atoms with Crippen molar-refractivity contribution in [1.29, 1.82) is 0 Å². The van der Waals surface area contributed by atoms with Gasteiger partial charge in [-0.25, -0.2) is 0 Å². The van der Waals surface area contributed by atoms with E-state index in [1.807, 2.05) is 38.1 Å². The lowest BCUT2D eigenvalue weighted by atomic mass is 10.1. The zero-order valence-corrected chi connectivity index (χ0v) is 11.8. The number of hydrogen-bond acceptors (Lipinski definition) is 4. The van der Waals surface area contributed by atoms with Crippen LogP contribution in [0.5, 0.6) is 5.75 Å². The van der Waals surface area contributed by atoms with Crippen molar-refractivity contribution in [3.63, 3.8) is 0 Å². The van der Waals surface area contributed by atoms with Crippen LogP contribution in [0.15, 0.2) is 24.3 Å². The van der Waals surface area contributed by atoms with Crippen LogP contribution in [0.4, 0.5) is 0 Å². The summed E-state index contributed by atoms with van der Waals surface area (Å²) in [6.07, 6.45) is 0. The topological polar surface area (TPSA) is 93.5 Å². The molecule has 0 saturated carbocycles. The second-order valence-corrected chi connectivity index (χ2v) is 4.28. The van der Waals surface area contributed by atoms with Crippen LogP contribution < -0.4 is 21.1 Å². The Balaban J connectivity index is 2.53. The highest BCUT2D eigenvalue weighted by atomic mass is 16.5. The molecular formula is C14H21N3O3. The van der Waals surface area contributed by atoms with Gasteiger partial charge in [-0.2, -0.15) is 0 Å². The van der Waals surface area contributed by atoms with E-state index in [9.17, 15) is 9.59 Å². The molecule has 20 heavy (non-hydrogen) atoms. The number of nitrogens with two attached hydrogens (primary N) is 1. The second kappa shape index (κ2) is 8.16. The van der Waals surface area contributed by atoms with Crippen molar-refractivity contribution < 1.29 is 14.3 Å². The van der Waals surface area contributed by atoms with Crippen LogP contribution in [-0.4, -0.2) is 31.5 Å². The van der Waals surface area contributed by atoms with E-state index in [4.69, 9.17) is 10.5 Å². The summed E-state index contributed by atoms with van der Waals surface area (Å²) >= 11 is 0. The number of carbonyl (C=O) groups is 2. The largest absolute Gasteiger partial charge is 0.494 e. The molecule has 0 bridgehead atoms. The Hall–Kier alpha value is -2.08. The van der Waals surface area contributed by atoms with Crippen LogP contribution in [0, 0.1) is 0 Å². The van der Waals surface area contributed by atoms with E-state index in [0.29, 0.717) is 6.61 Å². The molecule has 110 valence electrons. The molecule has 1 aromatic carbocycles. The minimum atomic E-state index is -0.355. The standard InChI is InChI=1S/C14H21N3O3/c1-3-20-12-6-4-5-11(7-12)10(2)17-14(19)9-16-13(18)8-15/h4-7,10H,3,8-9,15H2,1-2H3,(H,16,18)(H,17,19). The molecule has 0 aromatic heterocycles. The first-order valence-electron chi connectivity index (χ1n) is 6.55. The number of benzene rings is 1. The highest BCUT2D eigenvalue weighted by Gasteiger charge is 2.10.